The third-order valence-corrected chi connectivity index (χ3v) is 5.57. The van der Waals surface area contributed by atoms with Crippen LogP contribution in [0.5, 0.6) is 17.2 Å². The van der Waals surface area contributed by atoms with Crippen molar-refractivity contribution in [2.45, 2.75) is 25.3 Å². The molecule has 1 N–H and O–H groups in total. The maximum absolute atomic E-state index is 12.4. The molecule has 3 rings (SSSR count). The van der Waals surface area contributed by atoms with E-state index in [-0.39, 0.29) is 4.90 Å². The number of benzene rings is 3. The second-order valence-corrected chi connectivity index (χ2v) is 8.33. The Bertz CT molecular complexity index is 1130. The van der Waals surface area contributed by atoms with Crippen LogP contribution < -0.4 is 19.0 Å². The summed E-state index contributed by atoms with van der Waals surface area (Å²) in [4.78, 5) is 2.31. The van der Waals surface area contributed by atoms with Gasteiger partial charge in [0.2, 0.25) is 0 Å². The molecular formula is C24H26N2O5S. The van der Waals surface area contributed by atoms with E-state index in [2.05, 4.69) is 9.93 Å². The van der Waals surface area contributed by atoms with Gasteiger partial charge < -0.3 is 14.2 Å². The second kappa shape index (κ2) is 11.2. The first kappa shape index (κ1) is 23.1. The van der Waals surface area contributed by atoms with E-state index in [1.807, 2.05) is 44.2 Å². The van der Waals surface area contributed by atoms with Crippen molar-refractivity contribution in [3.05, 3.63) is 83.9 Å². The standard InChI is InChI=1S/C24H26N2O5S/c1-3-29-21-11-13-22(14-12-21)32(27,28)26-25-17-20-10-15-23(24(16-20)30-4-2)31-18-19-8-6-5-7-9-19/h5-17,26H,3-4,18H2,1-2H3/b25-17+. The molecule has 0 radical (unpaired) electrons. The Morgan fingerprint density at radius 3 is 2.25 bits per heavy atom. The van der Waals surface area contributed by atoms with Gasteiger partial charge in [0.25, 0.3) is 10.0 Å². The number of hydrogen-bond acceptors (Lipinski definition) is 6. The van der Waals surface area contributed by atoms with E-state index < -0.39 is 10.0 Å². The maximum Gasteiger partial charge on any atom is 0.276 e. The highest BCUT2D eigenvalue weighted by Gasteiger charge is 2.13. The number of nitrogens with zero attached hydrogens (tertiary/aromatic N) is 1. The highest BCUT2D eigenvalue weighted by Crippen LogP contribution is 2.29. The smallest absolute Gasteiger partial charge is 0.276 e. The third kappa shape index (κ3) is 6.49. The molecule has 0 aliphatic rings. The minimum absolute atomic E-state index is 0.0952. The maximum atomic E-state index is 12.4. The fourth-order valence-corrected chi connectivity index (χ4v) is 3.62. The lowest BCUT2D eigenvalue weighted by Gasteiger charge is -2.12. The number of hydrazone groups is 1. The van der Waals surface area contributed by atoms with E-state index in [0.717, 1.165) is 5.56 Å². The molecule has 0 heterocycles. The van der Waals surface area contributed by atoms with Crippen LogP contribution in [0.4, 0.5) is 0 Å². The van der Waals surface area contributed by atoms with Gasteiger partial charge in [-0.05, 0) is 67.4 Å². The van der Waals surface area contributed by atoms with Gasteiger partial charge in [-0.1, -0.05) is 30.3 Å². The summed E-state index contributed by atoms with van der Waals surface area (Å²) in [5.41, 5.74) is 1.71. The summed E-state index contributed by atoms with van der Waals surface area (Å²) in [5, 5.41) is 3.88. The number of hydrogen-bond donors (Lipinski definition) is 1. The van der Waals surface area contributed by atoms with Gasteiger partial charge in [-0.25, -0.2) is 4.83 Å². The van der Waals surface area contributed by atoms with Gasteiger partial charge in [0.1, 0.15) is 12.4 Å². The lowest BCUT2D eigenvalue weighted by molar-refractivity contribution is 0.269. The summed E-state index contributed by atoms with van der Waals surface area (Å²) >= 11 is 0. The van der Waals surface area contributed by atoms with Gasteiger partial charge in [-0.2, -0.15) is 13.5 Å². The van der Waals surface area contributed by atoms with Crippen LogP contribution in [0.2, 0.25) is 0 Å². The molecule has 0 bridgehead atoms. The first-order chi connectivity index (χ1) is 15.5. The van der Waals surface area contributed by atoms with Crippen LogP contribution in [0.3, 0.4) is 0 Å². The van der Waals surface area contributed by atoms with Crippen LogP contribution in [0, 0.1) is 0 Å². The normalized spacial score (nSPS) is 11.3. The molecule has 0 fully saturated rings. The van der Waals surface area contributed by atoms with E-state index >= 15 is 0 Å². The van der Waals surface area contributed by atoms with Crippen LogP contribution >= 0.6 is 0 Å². The number of sulfonamides is 1. The fraction of sp³-hybridized carbons (Fsp3) is 0.208. The fourth-order valence-electron chi connectivity index (χ4n) is 2.83. The van der Waals surface area contributed by atoms with Gasteiger partial charge in [0, 0.05) is 0 Å². The van der Waals surface area contributed by atoms with E-state index in [1.165, 1.54) is 18.3 Å². The Balaban J connectivity index is 1.67. The minimum atomic E-state index is -3.79. The Hall–Kier alpha value is -3.52. The summed E-state index contributed by atoms with van der Waals surface area (Å²) in [7, 11) is -3.79. The molecule has 0 atom stereocenters. The summed E-state index contributed by atoms with van der Waals surface area (Å²) in [6.07, 6.45) is 1.41. The van der Waals surface area contributed by atoms with Crippen molar-refractivity contribution >= 4 is 16.2 Å². The third-order valence-electron chi connectivity index (χ3n) is 4.34. The average molecular weight is 455 g/mol. The van der Waals surface area contributed by atoms with Crippen LogP contribution in [-0.2, 0) is 16.6 Å². The van der Waals surface area contributed by atoms with Crippen molar-refractivity contribution in [1.29, 1.82) is 0 Å². The summed E-state index contributed by atoms with van der Waals surface area (Å²) < 4.78 is 41.7. The summed E-state index contributed by atoms with van der Waals surface area (Å²) in [5.74, 6) is 1.76. The van der Waals surface area contributed by atoms with Crippen molar-refractivity contribution in [3.63, 3.8) is 0 Å². The number of rotatable bonds is 11. The van der Waals surface area contributed by atoms with Crippen molar-refractivity contribution in [2.24, 2.45) is 5.10 Å². The van der Waals surface area contributed by atoms with Crippen molar-refractivity contribution in [2.75, 3.05) is 13.2 Å². The Morgan fingerprint density at radius 2 is 1.56 bits per heavy atom. The molecular weight excluding hydrogens is 428 g/mol. The highest BCUT2D eigenvalue weighted by molar-refractivity contribution is 7.89. The number of ether oxygens (including phenoxy) is 3. The summed E-state index contributed by atoms with van der Waals surface area (Å²) in [6.45, 7) is 5.13. The predicted molar refractivity (Wildman–Crippen MR) is 124 cm³/mol. The monoisotopic (exact) mass is 454 g/mol. The van der Waals surface area contributed by atoms with E-state index in [4.69, 9.17) is 14.2 Å². The Kier molecular flexibility index (Phi) is 8.10. The van der Waals surface area contributed by atoms with E-state index in [9.17, 15) is 8.42 Å². The lowest BCUT2D eigenvalue weighted by atomic mass is 10.2. The lowest BCUT2D eigenvalue weighted by Crippen LogP contribution is -2.18. The first-order valence-electron chi connectivity index (χ1n) is 10.2. The molecule has 0 saturated heterocycles. The predicted octanol–water partition coefficient (Wildman–Crippen LogP) is 4.38. The average Bonchev–Trinajstić information content (AvgIpc) is 2.80. The SMILES string of the molecule is CCOc1ccc(S(=O)(=O)N/N=C/c2ccc(OCc3ccccc3)c(OCC)c2)cc1. The van der Waals surface area contributed by atoms with Gasteiger partial charge in [0.15, 0.2) is 11.5 Å². The number of nitrogens with one attached hydrogen (secondary N) is 1. The summed E-state index contributed by atoms with van der Waals surface area (Å²) in [6, 6.07) is 21.3. The second-order valence-electron chi connectivity index (χ2n) is 6.67. The van der Waals surface area contributed by atoms with Crippen LogP contribution in [0.15, 0.2) is 82.8 Å². The van der Waals surface area contributed by atoms with Crippen LogP contribution in [-0.4, -0.2) is 27.8 Å². The first-order valence-corrected chi connectivity index (χ1v) is 11.7. The van der Waals surface area contributed by atoms with Gasteiger partial charge >= 0.3 is 0 Å². The molecule has 0 aliphatic carbocycles. The molecule has 0 spiro atoms. The zero-order chi connectivity index (χ0) is 22.8. The molecule has 3 aromatic carbocycles. The molecule has 7 nitrogen and oxygen atoms in total. The van der Waals surface area contributed by atoms with E-state index in [0.29, 0.717) is 42.6 Å². The molecule has 168 valence electrons. The quantitative estimate of drug-likeness (QED) is 0.343. The van der Waals surface area contributed by atoms with Gasteiger partial charge in [0.05, 0.1) is 24.3 Å². The van der Waals surface area contributed by atoms with E-state index in [1.54, 1.807) is 30.3 Å². The van der Waals surface area contributed by atoms with Gasteiger partial charge in [-0.3, -0.25) is 0 Å². The van der Waals surface area contributed by atoms with Crippen LogP contribution in [0.25, 0.3) is 0 Å². The highest BCUT2D eigenvalue weighted by atomic mass is 32.2. The van der Waals surface area contributed by atoms with Crippen molar-refractivity contribution in [3.8, 4) is 17.2 Å². The zero-order valence-electron chi connectivity index (χ0n) is 18.0. The Labute approximate surface area is 188 Å². The van der Waals surface area contributed by atoms with Gasteiger partial charge in [-0.15, -0.1) is 0 Å². The molecule has 0 aliphatic heterocycles. The Morgan fingerprint density at radius 1 is 0.844 bits per heavy atom. The largest absolute Gasteiger partial charge is 0.494 e. The molecule has 3 aromatic rings. The van der Waals surface area contributed by atoms with Crippen LogP contribution in [0.1, 0.15) is 25.0 Å². The molecule has 32 heavy (non-hydrogen) atoms. The van der Waals surface area contributed by atoms with Crippen molar-refractivity contribution < 1.29 is 22.6 Å². The molecule has 0 unspecified atom stereocenters. The zero-order valence-corrected chi connectivity index (χ0v) is 18.8. The minimum Gasteiger partial charge on any atom is -0.494 e. The van der Waals surface area contributed by atoms with Crippen molar-refractivity contribution in [1.82, 2.24) is 4.83 Å². The molecule has 0 amide bonds. The topological polar surface area (TPSA) is 86.2 Å². The molecule has 0 aromatic heterocycles. The molecule has 8 heteroatoms. The molecule has 0 saturated carbocycles.